The van der Waals surface area contributed by atoms with Crippen LogP contribution in [0.5, 0.6) is 0 Å². The van der Waals surface area contributed by atoms with E-state index in [1.807, 2.05) is 0 Å². The molecule has 4 nitrogen and oxygen atoms in total. The molecule has 0 fully saturated rings. The van der Waals surface area contributed by atoms with Gasteiger partial charge < -0.3 is 5.32 Å². The summed E-state index contributed by atoms with van der Waals surface area (Å²) in [7, 11) is 0. The summed E-state index contributed by atoms with van der Waals surface area (Å²) in [6.07, 6.45) is 3.98. The highest BCUT2D eigenvalue weighted by Crippen LogP contribution is 2.02. The quantitative estimate of drug-likeness (QED) is 0.815. The molecule has 0 saturated heterocycles. The van der Waals surface area contributed by atoms with Gasteiger partial charge in [0, 0.05) is 12.7 Å². The Balaban J connectivity index is 2.51. The molecule has 0 aliphatic heterocycles. The Kier molecular flexibility index (Phi) is 4.21. The van der Waals surface area contributed by atoms with Crippen LogP contribution in [-0.2, 0) is 0 Å². The van der Waals surface area contributed by atoms with E-state index in [1.165, 1.54) is 6.33 Å². The Morgan fingerprint density at radius 3 is 2.87 bits per heavy atom. The van der Waals surface area contributed by atoms with Gasteiger partial charge in [-0.3, -0.25) is 4.79 Å². The van der Waals surface area contributed by atoms with Crippen molar-refractivity contribution in [3.05, 3.63) is 23.8 Å². The molecular weight excluding hydrogens is 190 g/mol. The van der Waals surface area contributed by atoms with Gasteiger partial charge in [-0.15, -0.1) is 0 Å². The number of amides is 1. The monoisotopic (exact) mass is 207 g/mol. The number of aryl methyl sites for hydroxylation is 1. The number of aromatic nitrogens is 2. The van der Waals surface area contributed by atoms with Gasteiger partial charge >= 0.3 is 0 Å². The van der Waals surface area contributed by atoms with Crippen LogP contribution in [-0.4, -0.2) is 22.4 Å². The third-order valence-electron chi connectivity index (χ3n) is 2.16. The SMILES string of the molecule is Cc1ncncc1C(=O)NCCC(C)C. The number of carbonyl (C=O) groups excluding carboxylic acids is 1. The van der Waals surface area contributed by atoms with E-state index < -0.39 is 0 Å². The maximum atomic E-state index is 11.7. The number of nitrogens with one attached hydrogen (secondary N) is 1. The number of nitrogens with zero attached hydrogens (tertiary/aromatic N) is 2. The molecule has 0 aromatic carbocycles. The van der Waals surface area contributed by atoms with E-state index in [0.29, 0.717) is 23.7 Å². The summed E-state index contributed by atoms with van der Waals surface area (Å²) in [4.78, 5) is 19.5. The topological polar surface area (TPSA) is 54.9 Å². The highest BCUT2D eigenvalue weighted by atomic mass is 16.1. The highest BCUT2D eigenvalue weighted by Gasteiger charge is 2.08. The average molecular weight is 207 g/mol. The Morgan fingerprint density at radius 2 is 2.27 bits per heavy atom. The summed E-state index contributed by atoms with van der Waals surface area (Å²) < 4.78 is 0. The number of hydrogen-bond acceptors (Lipinski definition) is 3. The Bertz CT molecular complexity index is 336. The summed E-state index contributed by atoms with van der Waals surface area (Å²) in [5.74, 6) is 0.507. The van der Waals surface area contributed by atoms with Crippen molar-refractivity contribution in [3.63, 3.8) is 0 Å². The molecule has 1 aromatic heterocycles. The van der Waals surface area contributed by atoms with Gasteiger partial charge in [0.15, 0.2) is 0 Å². The van der Waals surface area contributed by atoms with E-state index in [0.717, 1.165) is 6.42 Å². The van der Waals surface area contributed by atoms with Crippen molar-refractivity contribution < 1.29 is 4.79 Å². The largest absolute Gasteiger partial charge is 0.352 e. The smallest absolute Gasteiger partial charge is 0.254 e. The first kappa shape index (κ1) is 11.6. The summed E-state index contributed by atoms with van der Waals surface area (Å²) >= 11 is 0. The van der Waals surface area contributed by atoms with E-state index in [2.05, 4.69) is 29.1 Å². The molecule has 0 aliphatic rings. The van der Waals surface area contributed by atoms with Gasteiger partial charge in [0.1, 0.15) is 6.33 Å². The lowest BCUT2D eigenvalue weighted by Crippen LogP contribution is -2.26. The standard InChI is InChI=1S/C11H17N3O/c1-8(2)4-5-13-11(15)10-6-12-7-14-9(10)3/h6-8H,4-5H2,1-3H3,(H,13,15). The minimum absolute atomic E-state index is 0.0891. The molecule has 1 amide bonds. The van der Waals surface area contributed by atoms with Crippen molar-refractivity contribution in [1.82, 2.24) is 15.3 Å². The molecular formula is C11H17N3O. The fourth-order valence-corrected chi connectivity index (χ4v) is 1.18. The van der Waals surface area contributed by atoms with Crippen molar-refractivity contribution in [1.29, 1.82) is 0 Å². The van der Waals surface area contributed by atoms with Crippen LogP contribution in [0.2, 0.25) is 0 Å². The van der Waals surface area contributed by atoms with Crippen LogP contribution in [0.25, 0.3) is 0 Å². The van der Waals surface area contributed by atoms with Crippen molar-refractivity contribution in [3.8, 4) is 0 Å². The number of carbonyl (C=O) groups is 1. The van der Waals surface area contributed by atoms with Crippen LogP contribution in [0.4, 0.5) is 0 Å². The van der Waals surface area contributed by atoms with E-state index in [9.17, 15) is 4.79 Å². The maximum absolute atomic E-state index is 11.7. The fraction of sp³-hybridized carbons (Fsp3) is 0.545. The second-order valence-electron chi connectivity index (χ2n) is 3.96. The number of hydrogen-bond donors (Lipinski definition) is 1. The molecule has 1 rings (SSSR count). The minimum atomic E-state index is -0.0891. The lowest BCUT2D eigenvalue weighted by molar-refractivity contribution is 0.0950. The zero-order chi connectivity index (χ0) is 11.3. The molecule has 0 unspecified atom stereocenters. The lowest BCUT2D eigenvalue weighted by atomic mass is 10.1. The fourth-order valence-electron chi connectivity index (χ4n) is 1.18. The molecule has 15 heavy (non-hydrogen) atoms. The van der Waals surface area contributed by atoms with Crippen LogP contribution in [0.1, 0.15) is 36.3 Å². The van der Waals surface area contributed by atoms with E-state index in [-0.39, 0.29) is 5.91 Å². The second-order valence-corrected chi connectivity index (χ2v) is 3.96. The molecule has 82 valence electrons. The second kappa shape index (κ2) is 5.44. The number of rotatable bonds is 4. The van der Waals surface area contributed by atoms with Gasteiger partial charge in [-0.25, -0.2) is 9.97 Å². The van der Waals surface area contributed by atoms with Crippen molar-refractivity contribution >= 4 is 5.91 Å². The van der Waals surface area contributed by atoms with Crippen molar-refractivity contribution in [2.75, 3.05) is 6.54 Å². The van der Waals surface area contributed by atoms with E-state index in [1.54, 1.807) is 13.1 Å². The van der Waals surface area contributed by atoms with Gasteiger partial charge in [-0.2, -0.15) is 0 Å². The lowest BCUT2D eigenvalue weighted by Gasteiger charge is -2.07. The van der Waals surface area contributed by atoms with Crippen LogP contribution in [0, 0.1) is 12.8 Å². The summed E-state index contributed by atoms with van der Waals surface area (Å²) in [6, 6.07) is 0. The average Bonchev–Trinajstić information content (AvgIpc) is 2.17. The zero-order valence-corrected chi connectivity index (χ0v) is 9.45. The van der Waals surface area contributed by atoms with Gasteiger partial charge in [-0.05, 0) is 19.3 Å². The molecule has 0 bridgehead atoms. The van der Waals surface area contributed by atoms with Crippen molar-refractivity contribution in [2.45, 2.75) is 27.2 Å². The summed E-state index contributed by atoms with van der Waals surface area (Å²) in [5, 5.41) is 2.85. The third kappa shape index (κ3) is 3.65. The van der Waals surface area contributed by atoms with E-state index in [4.69, 9.17) is 0 Å². The van der Waals surface area contributed by atoms with E-state index >= 15 is 0 Å². The Morgan fingerprint density at radius 1 is 1.53 bits per heavy atom. The third-order valence-corrected chi connectivity index (χ3v) is 2.16. The van der Waals surface area contributed by atoms with Gasteiger partial charge in [-0.1, -0.05) is 13.8 Å². The Labute approximate surface area is 90.1 Å². The first-order valence-electron chi connectivity index (χ1n) is 5.16. The Hall–Kier alpha value is -1.45. The maximum Gasteiger partial charge on any atom is 0.254 e. The van der Waals surface area contributed by atoms with Crippen molar-refractivity contribution in [2.24, 2.45) is 5.92 Å². The first-order valence-corrected chi connectivity index (χ1v) is 5.16. The van der Waals surface area contributed by atoms with Gasteiger partial charge in [0.2, 0.25) is 0 Å². The molecule has 0 saturated carbocycles. The molecule has 0 aliphatic carbocycles. The molecule has 0 spiro atoms. The normalized spacial score (nSPS) is 10.4. The van der Waals surface area contributed by atoms with Crippen LogP contribution in [0.3, 0.4) is 0 Å². The van der Waals surface area contributed by atoms with Gasteiger partial charge in [0.05, 0.1) is 11.3 Å². The zero-order valence-electron chi connectivity index (χ0n) is 9.45. The predicted octanol–water partition coefficient (Wildman–Crippen LogP) is 1.56. The molecule has 0 radical (unpaired) electrons. The van der Waals surface area contributed by atoms with Crippen LogP contribution < -0.4 is 5.32 Å². The summed E-state index contributed by atoms with van der Waals surface area (Å²) in [6.45, 7) is 6.76. The first-order chi connectivity index (χ1) is 7.11. The minimum Gasteiger partial charge on any atom is -0.352 e. The van der Waals surface area contributed by atoms with Crippen LogP contribution in [0.15, 0.2) is 12.5 Å². The predicted molar refractivity (Wildman–Crippen MR) is 58.6 cm³/mol. The molecule has 1 N–H and O–H groups in total. The highest BCUT2D eigenvalue weighted by molar-refractivity contribution is 5.94. The molecule has 4 heteroatoms. The molecule has 0 atom stereocenters. The molecule has 1 heterocycles. The molecule has 1 aromatic rings. The van der Waals surface area contributed by atoms with Gasteiger partial charge in [0.25, 0.3) is 5.91 Å². The van der Waals surface area contributed by atoms with Crippen LogP contribution >= 0.6 is 0 Å². The summed E-state index contributed by atoms with van der Waals surface area (Å²) in [5.41, 5.74) is 1.27.